The van der Waals surface area contributed by atoms with Crippen LogP contribution < -0.4 is 26.6 Å². The standard InChI is InChI=1S/C32H46N6O7/c1-16(2)11-22-28(41)35-24(13-19-15-33-21-10-8-7-9-20(19)21)29(42)36-25(14-26(39)40)30(43)34-23(12-17(3)4)31(44)38-27(18(5)6)32(45)37-22/h7-10,15-18,22-25,27,33H,11-14H2,1-6H3,(H,34,43)(H,35,41)(H,36,42)(H,37,45)(H,38,44)(H,39,40)/t22-,23-,24+,25+,27+/m1/s1. The van der Waals surface area contributed by atoms with Gasteiger partial charge in [-0.3, -0.25) is 28.8 Å². The molecule has 1 aliphatic heterocycles. The number of aromatic nitrogens is 1. The van der Waals surface area contributed by atoms with E-state index in [0.717, 1.165) is 10.9 Å². The zero-order valence-electron chi connectivity index (χ0n) is 26.7. The fourth-order valence-electron chi connectivity index (χ4n) is 5.39. The Labute approximate surface area is 263 Å². The second kappa shape index (κ2) is 15.5. The lowest BCUT2D eigenvalue weighted by Gasteiger charge is -2.28. The first-order valence-electron chi connectivity index (χ1n) is 15.4. The molecule has 1 aliphatic rings. The molecule has 0 aliphatic carbocycles. The highest BCUT2D eigenvalue weighted by atomic mass is 16.4. The second-order valence-corrected chi connectivity index (χ2v) is 12.9. The third-order valence-electron chi connectivity index (χ3n) is 7.67. The lowest BCUT2D eigenvalue weighted by Crippen LogP contribution is -2.59. The van der Waals surface area contributed by atoms with Crippen LogP contribution in [-0.2, 0) is 35.2 Å². The number of benzene rings is 1. The molecule has 1 fully saturated rings. The minimum atomic E-state index is -1.54. The lowest BCUT2D eigenvalue weighted by atomic mass is 9.98. The van der Waals surface area contributed by atoms with Gasteiger partial charge in [0.25, 0.3) is 0 Å². The highest BCUT2D eigenvalue weighted by Crippen LogP contribution is 2.20. The Hall–Kier alpha value is -4.42. The first-order chi connectivity index (χ1) is 21.2. The summed E-state index contributed by atoms with van der Waals surface area (Å²) in [5.41, 5.74) is 1.52. The minimum Gasteiger partial charge on any atom is -0.481 e. The topological polar surface area (TPSA) is 199 Å². The highest BCUT2D eigenvalue weighted by Gasteiger charge is 2.36. The number of para-hydroxylation sites is 1. The molecule has 1 saturated heterocycles. The van der Waals surface area contributed by atoms with Crippen LogP contribution in [0.15, 0.2) is 30.5 Å². The van der Waals surface area contributed by atoms with Crippen LogP contribution in [0.1, 0.15) is 66.4 Å². The summed E-state index contributed by atoms with van der Waals surface area (Å²) in [7, 11) is 0. The van der Waals surface area contributed by atoms with E-state index in [9.17, 15) is 33.9 Å². The molecular formula is C32H46N6O7. The Kier molecular flexibility index (Phi) is 12.1. The summed E-state index contributed by atoms with van der Waals surface area (Å²) in [4.78, 5) is 82.9. The molecule has 45 heavy (non-hydrogen) atoms. The molecule has 0 saturated carbocycles. The molecule has 1 aromatic carbocycles. The molecule has 0 radical (unpaired) electrons. The van der Waals surface area contributed by atoms with E-state index >= 15 is 0 Å². The molecule has 7 N–H and O–H groups in total. The fraction of sp³-hybridized carbons (Fsp3) is 0.562. The predicted molar refractivity (Wildman–Crippen MR) is 168 cm³/mol. The maximum Gasteiger partial charge on any atom is 0.305 e. The Balaban J connectivity index is 2.09. The summed E-state index contributed by atoms with van der Waals surface area (Å²) in [6.45, 7) is 11.0. The first kappa shape index (κ1) is 35.1. The molecule has 246 valence electrons. The SMILES string of the molecule is CC(C)C[C@H]1NC(=O)[C@H](CC(=O)O)NC(=O)[C@H](Cc2c[nH]c3ccccc23)NC(=O)[C@@H](CC(C)C)NC(=O)[C@H](C(C)C)NC1=O. The number of carbonyl (C=O) groups excluding carboxylic acids is 5. The molecule has 0 unspecified atom stereocenters. The number of H-pyrrole nitrogens is 1. The van der Waals surface area contributed by atoms with Crippen molar-refractivity contribution in [1.82, 2.24) is 31.6 Å². The number of aromatic amines is 1. The fourth-order valence-corrected chi connectivity index (χ4v) is 5.39. The van der Waals surface area contributed by atoms with Crippen molar-refractivity contribution in [3.05, 3.63) is 36.0 Å². The van der Waals surface area contributed by atoms with E-state index in [1.807, 2.05) is 52.0 Å². The molecule has 5 atom stereocenters. The van der Waals surface area contributed by atoms with Crippen LogP contribution in [0, 0.1) is 17.8 Å². The summed E-state index contributed by atoms with van der Waals surface area (Å²) < 4.78 is 0. The van der Waals surface area contributed by atoms with Gasteiger partial charge in [0.15, 0.2) is 0 Å². The van der Waals surface area contributed by atoms with Gasteiger partial charge in [-0.2, -0.15) is 0 Å². The zero-order chi connectivity index (χ0) is 33.4. The van der Waals surface area contributed by atoms with Crippen LogP contribution in [-0.4, -0.2) is 75.8 Å². The third-order valence-corrected chi connectivity index (χ3v) is 7.67. The smallest absolute Gasteiger partial charge is 0.305 e. The van der Waals surface area contributed by atoms with Crippen molar-refractivity contribution in [2.24, 2.45) is 17.8 Å². The molecular weight excluding hydrogens is 580 g/mol. The van der Waals surface area contributed by atoms with Crippen molar-refractivity contribution in [1.29, 1.82) is 0 Å². The quantitative estimate of drug-likeness (QED) is 0.218. The van der Waals surface area contributed by atoms with Crippen molar-refractivity contribution in [2.45, 2.75) is 97.4 Å². The maximum atomic E-state index is 13.8. The number of hydrogen-bond donors (Lipinski definition) is 7. The van der Waals surface area contributed by atoms with Crippen molar-refractivity contribution >= 4 is 46.4 Å². The van der Waals surface area contributed by atoms with E-state index in [1.165, 1.54) is 0 Å². The molecule has 13 heteroatoms. The maximum absolute atomic E-state index is 13.8. The zero-order valence-corrected chi connectivity index (χ0v) is 26.7. The van der Waals surface area contributed by atoms with E-state index < -0.39 is 72.1 Å². The molecule has 2 heterocycles. The van der Waals surface area contributed by atoms with Gasteiger partial charge in [0.05, 0.1) is 6.42 Å². The van der Waals surface area contributed by atoms with Gasteiger partial charge in [-0.25, -0.2) is 0 Å². The van der Waals surface area contributed by atoms with Gasteiger partial charge in [0, 0.05) is 23.5 Å². The van der Waals surface area contributed by atoms with E-state index in [2.05, 4.69) is 31.6 Å². The van der Waals surface area contributed by atoms with E-state index in [1.54, 1.807) is 20.0 Å². The molecule has 2 aromatic rings. The number of carboxylic acids is 1. The molecule has 5 amide bonds. The Morgan fingerprint density at radius 3 is 1.76 bits per heavy atom. The number of rotatable bonds is 9. The third kappa shape index (κ3) is 9.79. The molecule has 13 nitrogen and oxygen atoms in total. The van der Waals surface area contributed by atoms with Crippen LogP contribution in [0.4, 0.5) is 0 Å². The summed E-state index contributed by atoms with van der Waals surface area (Å²) in [5.74, 6) is -5.30. The van der Waals surface area contributed by atoms with Crippen LogP contribution in [0.2, 0.25) is 0 Å². The van der Waals surface area contributed by atoms with Crippen LogP contribution >= 0.6 is 0 Å². The van der Waals surface area contributed by atoms with Gasteiger partial charge in [-0.05, 0) is 42.2 Å². The van der Waals surface area contributed by atoms with Crippen molar-refractivity contribution in [3.63, 3.8) is 0 Å². The van der Waals surface area contributed by atoms with Gasteiger partial charge in [-0.1, -0.05) is 59.7 Å². The van der Waals surface area contributed by atoms with Crippen LogP contribution in [0.25, 0.3) is 10.9 Å². The number of carbonyl (C=O) groups is 6. The first-order valence-corrected chi connectivity index (χ1v) is 15.4. The van der Waals surface area contributed by atoms with Crippen LogP contribution in [0.5, 0.6) is 0 Å². The van der Waals surface area contributed by atoms with Gasteiger partial charge in [0.2, 0.25) is 29.5 Å². The largest absolute Gasteiger partial charge is 0.481 e. The Morgan fingerprint density at radius 2 is 1.18 bits per heavy atom. The van der Waals surface area contributed by atoms with Gasteiger partial charge >= 0.3 is 5.97 Å². The number of aliphatic carboxylic acids is 1. The predicted octanol–water partition coefficient (Wildman–Crippen LogP) is 1.37. The number of carboxylic acid groups (broad SMARTS) is 1. The number of fused-ring (bicyclic) bond motifs is 1. The van der Waals surface area contributed by atoms with E-state index in [4.69, 9.17) is 0 Å². The lowest BCUT2D eigenvalue weighted by molar-refractivity contribution is -0.141. The summed E-state index contributed by atoms with van der Waals surface area (Å²) >= 11 is 0. The molecule has 3 rings (SSSR count). The van der Waals surface area contributed by atoms with Gasteiger partial charge in [-0.15, -0.1) is 0 Å². The van der Waals surface area contributed by atoms with Crippen molar-refractivity contribution in [3.8, 4) is 0 Å². The summed E-state index contributed by atoms with van der Waals surface area (Å²) in [5, 5.41) is 23.7. The van der Waals surface area contributed by atoms with E-state index in [0.29, 0.717) is 5.56 Å². The number of nitrogens with one attached hydrogen (secondary N) is 6. The average Bonchev–Trinajstić information content (AvgIpc) is 3.35. The van der Waals surface area contributed by atoms with E-state index in [-0.39, 0.29) is 37.0 Å². The molecule has 0 spiro atoms. The molecule has 1 aromatic heterocycles. The normalized spacial score (nSPS) is 24.0. The summed E-state index contributed by atoms with van der Waals surface area (Å²) in [6, 6.07) is 1.45. The average molecular weight is 627 g/mol. The molecule has 0 bridgehead atoms. The van der Waals surface area contributed by atoms with Crippen molar-refractivity contribution < 1.29 is 33.9 Å². The van der Waals surface area contributed by atoms with Gasteiger partial charge < -0.3 is 36.7 Å². The summed E-state index contributed by atoms with van der Waals surface area (Å²) in [6.07, 6.45) is 1.41. The number of amides is 5. The minimum absolute atomic E-state index is 0.00990. The van der Waals surface area contributed by atoms with Crippen LogP contribution in [0.3, 0.4) is 0 Å². The van der Waals surface area contributed by atoms with Gasteiger partial charge in [0.1, 0.15) is 30.2 Å². The van der Waals surface area contributed by atoms with Crippen molar-refractivity contribution in [2.75, 3.05) is 0 Å². The Morgan fingerprint density at radius 1 is 0.689 bits per heavy atom. The monoisotopic (exact) mass is 626 g/mol. The highest BCUT2D eigenvalue weighted by molar-refractivity contribution is 5.99. The Bertz CT molecular complexity index is 1400. The number of hydrogen-bond acceptors (Lipinski definition) is 6. The second-order valence-electron chi connectivity index (χ2n) is 12.9.